The molecule has 1 aromatic rings. The Hall–Kier alpha value is -1.62. The third kappa shape index (κ3) is 3.67. The summed E-state index contributed by atoms with van der Waals surface area (Å²) in [6, 6.07) is 6.45. The van der Waals surface area contributed by atoms with E-state index in [1.165, 1.54) is 12.8 Å². The molecule has 0 radical (unpaired) electrons. The van der Waals surface area contributed by atoms with Crippen LogP contribution in [0.15, 0.2) is 18.2 Å². The van der Waals surface area contributed by atoms with Gasteiger partial charge in [-0.15, -0.1) is 0 Å². The number of hydrogen-bond acceptors (Lipinski definition) is 4. The van der Waals surface area contributed by atoms with Gasteiger partial charge in [-0.2, -0.15) is 0 Å². The van der Waals surface area contributed by atoms with Crippen LogP contribution < -0.4 is 10.6 Å². The molecular weight excluding hydrogens is 240 g/mol. The zero-order valence-corrected chi connectivity index (χ0v) is 11.8. The number of pyridine rings is 1. The number of nitrogens with zero attached hydrogens (tertiary/aromatic N) is 2. The molecule has 1 aromatic heterocycles. The topological polar surface area (TPSA) is 57.3 Å². The van der Waals surface area contributed by atoms with E-state index in [1.807, 2.05) is 12.1 Å². The molecule has 104 valence electrons. The number of rotatable bonds is 6. The Labute approximate surface area is 114 Å². The molecule has 1 heterocycles. The predicted octanol–water partition coefficient (Wildman–Crippen LogP) is 1.34. The maximum absolute atomic E-state index is 12.0. The van der Waals surface area contributed by atoms with Gasteiger partial charge < -0.3 is 10.6 Å². The van der Waals surface area contributed by atoms with Gasteiger partial charge in [-0.3, -0.25) is 9.69 Å². The summed E-state index contributed by atoms with van der Waals surface area (Å²) in [4.78, 5) is 18.6. The van der Waals surface area contributed by atoms with E-state index in [2.05, 4.69) is 34.5 Å². The van der Waals surface area contributed by atoms with Crippen molar-refractivity contribution in [1.29, 1.82) is 0 Å². The molecule has 0 saturated heterocycles. The number of carbonyl (C=O) groups excluding carboxylic acids is 1. The molecular formula is C14H22N4O. The SMILES string of the molecule is CNc1cccc(C(=O)NCC(C)N(C)C2CC2)n1. The highest BCUT2D eigenvalue weighted by Crippen LogP contribution is 2.26. The Balaban J connectivity index is 1.86. The first-order valence-electron chi connectivity index (χ1n) is 6.76. The van der Waals surface area contributed by atoms with Crippen molar-refractivity contribution in [3.8, 4) is 0 Å². The molecule has 2 rings (SSSR count). The van der Waals surface area contributed by atoms with Gasteiger partial charge in [0, 0.05) is 25.7 Å². The highest BCUT2D eigenvalue weighted by atomic mass is 16.1. The fraction of sp³-hybridized carbons (Fsp3) is 0.571. The lowest BCUT2D eigenvalue weighted by atomic mass is 10.2. The average Bonchev–Trinajstić information content (AvgIpc) is 3.28. The quantitative estimate of drug-likeness (QED) is 0.812. The summed E-state index contributed by atoms with van der Waals surface area (Å²) in [5.74, 6) is 0.587. The van der Waals surface area contributed by atoms with E-state index < -0.39 is 0 Å². The minimum absolute atomic E-state index is 0.117. The van der Waals surface area contributed by atoms with Crippen LogP contribution in [0, 0.1) is 0 Å². The maximum atomic E-state index is 12.0. The van der Waals surface area contributed by atoms with E-state index in [-0.39, 0.29) is 5.91 Å². The van der Waals surface area contributed by atoms with Crippen molar-refractivity contribution in [3.63, 3.8) is 0 Å². The van der Waals surface area contributed by atoms with Crippen LogP contribution in [-0.4, -0.2) is 48.5 Å². The van der Waals surface area contributed by atoms with E-state index in [9.17, 15) is 4.79 Å². The van der Waals surface area contributed by atoms with Crippen molar-refractivity contribution in [2.45, 2.75) is 31.8 Å². The molecule has 1 saturated carbocycles. The molecule has 0 bridgehead atoms. The second-order valence-corrected chi connectivity index (χ2v) is 5.11. The Morgan fingerprint density at radius 3 is 2.89 bits per heavy atom. The lowest BCUT2D eigenvalue weighted by Gasteiger charge is -2.24. The van der Waals surface area contributed by atoms with Gasteiger partial charge in [0.05, 0.1) is 0 Å². The summed E-state index contributed by atoms with van der Waals surface area (Å²) in [7, 11) is 3.91. The molecule has 0 aliphatic heterocycles. The number of likely N-dealkylation sites (N-methyl/N-ethyl adjacent to an activating group) is 1. The van der Waals surface area contributed by atoms with E-state index >= 15 is 0 Å². The summed E-state index contributed by atoms with van der Waals surface area (Å²) in [5.41, 5.74) is 0.452. The highest BCUT2D eigenvalue weighted by molar-refractivity contribution is 5.92. The molecule has 1 amide bonds. The molecule has 5 nitrogen and oxygen atoms in total. The van der Waals surface area contributed by atoms with Gasteiger partial charge in [0.15, 0.2) is 0 Å². The smallest absolute Gasteiger partial charge is 0.270 e. The van der Waals surface area contributed by atoms with E-state index in [0.29, 0.717) is 30.1 Å². The lowest BCUT2D eigenvalue weighted by molar-refractivity contribution is 0.0934. The standard InChI is InChI=1S/C14H22N4O/c1-10(18(3)11-7-8-11)9-16-14(19)12-5-4-6-13(15-2)17-12/h4-6,10-11H,7-9H2,1-3H3,(H,15,17)(H,16,19). The van der Waals surface area contributed by atoms with Gasteiger partial charge in [-0.05, 0) is 38.9 Å². The highest BCUT2D eigenvalue weighted by Gasteiger charge is 2.29. The van der Waals surface area contributed by atoms with Gasteiger partial charge in [0.1, 0.15) is 11.5 Å². The molecule has 5 heteroatoms. The monoisotopic (exact) mass is 262 g/mol. The number of carbonyl (C=O) groups is 1. The third-order valence-electron chi connectivity index (χ3n) is 3.61. The van der Waals surface area contributed by atoms with Crippen molar-refractivity contribution in [1.82, 2.24) is 15.2 Å². The van der Waals surface area contributed by atoms with E-state index in [1.54, 1.807) is 13.1 Å². The van der Waals surface area contributed by atoms with Crippen molar-refractivity contribution in [2.24, 2.45) is 0 Å². The Morgan fingerprint density at radius 1 is 1.53 bits per heavy atom. The third-order valence-corrected chi connectivity index (χ3v) is 3.61. The van der Waals surface area contributed by atoms with Crippen molar-refractivity contribution in [3.05, 3.63) is 23.9 Å². The van der Waals surface area contributed by atoms with Crippen LogP contribution in [0.5, 0.6) is 0 Å². The fourth-order valence-electron chi connectivity index (χ4n) is 2.02. The number of nitrogens with one attached hydrogen (secondary N) is 2. The molecule has 0 aromatic carbocycles. The molecule has 1 aliphatic carbocycles. The van der Waals surface area contributed by atoms with Crippen LogP contribution in [0.25, 0.3) is 0 Å². The Bertz CT molecular complexity index is 445. The first-order valence-corrected chi connectivity index (χ1v) is 6.76. The van der Waals surface area contributed by atoms with Gasteiger partial charge in [0.2, 0.25) is 0 Å². The van der Waals surface area contributed by atoms with Crippen LogP contribution in [0.2, 0.25) is 0 Å². The van der Waals surface area contributed by atoms with Crippen LogP contribution in [0.3, 0.4) is 0 Å². The second-order valence-electron chi connectivity index (χ2n) is 5.11. The van der Waals surface area contributed by atoms with Crippen LogP contribution >= 0.6 is 0 Å². The first kappa shape index (κ1) is 13.8. The summed E-state index contributed by atoms with van der Waals surface area (Å²) in [6.45, 7) is 2.79. The molecule has 19 heavy (non-hydrogen) atoms. The number of amides is 1. The summed E-state index contributed by atoms with van der Waals surface area (Å²) in [6.07, 6.45) is 2.56. The maximum Gasteiger partial charge on any atom is 0.270 e. The predicted molar refractivity (Wildman–Crippen MR) is 76.4 cm³/mol. The minimum atomic E-state index is -0.117. The van der Waals surface area contributed by atoms with Crippen LogP contribution in [0.1, 0.15) is 30.3 Å². The Morgan fingerprint density at radius 2 is 2.26 bits per heavy atom. The summed E-state index contributed by atoms with van der Waals surface area (Å²) < 4.78 is 0. The molecule has 0 spiro atoms. The Kier molecular flexibility index (Phi) is 4.37. The average molecular weight is 262 g/mol. The van der Waals surface area contributed by atoms with Gasteiger partial charge in [-0.25, -0.2) is 4.98 Å². The zero-order valence-electron chi connectivity index (χ0n) is 11.8. The number of aromatic nitrogens is 1. The summed E-state index contributed by atoms with van der Waals surface area (Å²) >= 11 is 0. The van der Waals surface area contributed by atoms with Crippen molar-refractivity contribution < 1.29 is 4.79 Å². The van der Waals surface area contributed by atoms with Crippen molar-refractivity contribution >= 4 is 11.7 Å². The molecule has 1 fully saturated rings. The first-order chi connectivity index (χ1) is 9.11. The number of anilines is 1. The summed E-state index contributed by atoms with van der Waals surface area (Å²) in [5, 5.41) is 5.87. The molecule has 2 N–H and O–H groups in total. The largest absolute Gasteiger partial charge is 0.373 e. The fourth-order valence-corrected chi connectivity index (χ4v) is 2.02. The normalized spacial score (nSPS) is 16.2. The minimum Gasteiger partial charge on any atom is -0.373 e. The van der Waals surface area contributed by atoms with Crippen molar-refractivity contribution in [2.75, 3.05) is 26.0 Å². The molecule has 1 unspecified atom stereocenters. The molecule has 1 atom stereocenters. The zero-order chi connectivity index (χ0) is 13.8. The lowest BCUT2D eigenvalue weighted by Crippen LogP contribution is -2.41. The van der Waals surface area contributed by atoms with Crippen LogP contribution in [0.4, 0.5) is 5.82 Å². The molecule has 1 aliphatic rings. The van der Waals surface area contributed by atoms with E-state index in [0.717, 1.165) is 0 Å². The number of hydrogen-bond donors (Lipinski definition) is 2. The van der Waals surface area contributed by atoms with Gasteiger partial charge in [0.25, 0.3) is 5.91 Å². The van der Waals surface area contributed by atoms with Crippen LogP contribution in [-0.2, 0) is 0 Å². The van der Waals surface area contributed by atoms with Gasteiger partial charge >= 0.3 is 0 Å². The second kappa shape index (κ2) is 6.02. The van der Waals surface area contributed by atoms with E-state index in [4.69, 9.17) is 0 Å². The van der Waals surface area contributed by atoms with Gasteiger partial charge in [-0.1, -0.05) is 6.07 Å².